The number of halogens is 1. The normalized spacial score (nSPS) is 33.7. The predicted octanol–water partition coefficient (Wildman–Crippen LogP) is 2.24. The summed E-state index contributed by atoms with van der Waals surface area (Å²) in [5.74, 6) is -1.89. The summed E-state index contributed by atoms with van der Waals surface area (Å²) in [4.78, 5) is 41.7. The van der Waals surface area contributed by atoms with Gasteiger partial charge in [0.25, 0.3) is 0 Å². The number of thioether (sulfide) groups is 1. The van der Waals surface area contributed by atoms with Gasteiger partial charge in [-0.05, 0) is 49.5 Å². The maximum Gasteiger partial charge on any atom is 0.250 e. The van der Waals surface area contributed by atoms with E-state index in [1.54, 1.807) is 11.8 Å². The van der Waals surface area contributed by atoms with Crippen LogP contribution in [0.1, 0.15) is 37.7 Å². The number of rotatable bonds is 4. The third-order valence-corrected chi connectivity index (χ3v) is 7.68. The van der Waals surface area contributed by atoms with Crippen LogP contribution in [0, 0.1) is 17.7 Å². The molecule has 1 saturated carbocycles. The quantitative estimate of drug-likeness (QED) is 0.735. The van der Waals surface area contributed by atoms with Gasteiger partial charge in [-0.15, -0.1) is 0 Å². The van der Waals surface area contributed by atoms with Gasteiger partial charge in [-0.2, -0.15) is 11.8 Å². The van der Waals surface area contributed by atoms with Crippen LogP contribution in [0.4, 0.5) is 10.1 Å². The fraction of sp³-hybridized carbons (Fsp3) is 0.571. The van der Waals surface area contributed by atoms with Crippen LogP contribution >= 0.6 is 11.8 Å². The summed E-state index contributed by atoms with van der Waals surface area (Å²) in [6.07, 6.45) is 6.31. The highest BCUT2D eigenvalue weighted by Gasteiger charge is 2.70. The lowest BCUT2D eigenvalue weighted by molar-refractivity contribution is -0.145. The number of hydrogen-bond donors (Lipinski definition) is 2. The lowest BCUT2D eigenvalue weighted by Crippen LogP contribution is -2.54. The maximum absolute atomic E-state index is 14.1. The minimum Gasteiger partial charge on any atom is -0.324 e. The van der Waals surface area contributed by atoms with Gasteiger partial charge in [-0.25, -0.2) is 4.39 Å². The summed E-state index contributed by atoms with van der Waals surface area (Å²) < 4.78 is 14.1. The minimum absolute atomic E-state index is 0.0738. The van der Waals surface area contributed by atoms with E-state index in [4.69, 9.17) is 0 Å². The molecule has 3 heterocycles. The number of imide groups is 1. The standard InChI is InChI=1S/C21H24FN3O3S/c1-29-9-8-15-16-17(19(27)25(18(16)26)12-4-2-3-5-12)21(24-15)13-10-11(22)6-7-14(13)23-20(21)28/h6-7,10,12,15-17,24H,2-5,8-9H2,1H3,(H,23,28)/t15-,16-,17-,21+/m1/s1. The molecule has 8 heteroatoms. The van der Waals surface area contributed by atoms with E-state index in [1.807, 2.05) is 6.26 Å². The van der Waals surface area contributed by atoms with Crippen molar-refractivity contribution in [1.82, 2.24) is 10.2 Å². The maximum atomic E-state index is 14.1. The largest absolute Gasteiger partial charge is 0.324 e. The number of nitrogens with one attached hydrogen (secondary N) is 2. The van der Waals surface area contributed by atoms with Crippen molar-refractivity contribution in [2.75, 3.05) is 17.3 Å². The first-order valence-corrected chi connectivity index (χ1v) is 11.6. The van der Waals surface area contributed by atoms with Gasteiger partial charge in [0.05, 0.1) is 11.8 Å². The summed E-state index contributed by atoms with van der Waals surface area (Å²) in [5, 5.41) is 6.16. The van der Waals surface area contributed by atoms with Crippen LogP contribution in [0.15, 0.2) is 18.2 Å². The first-order valence-electron chi connectivity index (χ1n) is 10.2. The molecule has 0 aromatic heterocycles. The molecule has 0 bridgehead atoms. The zero-order valence-electron chi connectivity index (χ0n) is 16.2. The number of anilines is 1. The van der Waals surface area contributed by atoms with E-state index in [0.717, 1.165) is 31.4 Å². The van der Waals surface area contributed by atoms with Crippen molar-refractivity contribution in [2.24, 2.45) is 11.8 Å². The first kappa shape index (κ1) is 19.1. The molecule has 1 aromatic carbocycles. The Morgan fingerprint density at radius 1 is 1.21 bits per heavy atom. The Bertz CT molecular complexity index is 903. The molecule has 154 valence electrons. The van der Waals surface area contributed by atoms with Crippen molar-refractivity contribution < 1.29 is 18.8 Å². The summed E-state index contributed by atoms with van der Waals surface area (Å²) in [7, 11) is 0. The van der Waals surface area contributed by atoms with Gasteiger partial charge in [0, 0.05) is 23.3 Å². The van der Waals surface area contributed by atoms with Gasteiger partial charge in [-0.1, -0.05) is 12.8 Å². The van der Waals surface area contributed by atoms with Gasteiger partial charge < -0.3 is 5.32 Å². The molecule has 1 aromatic rings. The highest BCUT2D eigenvalue weighted by molar-refractivity contribution is 7.98. The molecular formula is C21H24FN3O3S. The Balaban J connectivity index is 1.63. The highest BCUT2D eigenvalue weighted by atomic mass is 32.2. The molecule has 0 unspecified atom stereocenters. The van der Waals surface area contributed by atoms with Gasteiger partial charge in [0.2, 0.25) is 17.7 Å². The average Bonchev–Trinajstić information content (AvgIpc) is 3.43. The smallest absolute Gasteiger partial charge is 0.250 e. The Labute approximate surface area is 173 Å². The summed E-state index contributed by atoms with van der Waals surface area (Å²) in [5.41, 5.74) is -0.433. The number of fused-ring (bicyclic) bond motifs is 4. The Kier molecular flexibility index (Phi) is 4.47. The van der Waals surface area contributed by atoms with Gasteiger partial charge in [-0.3, -0.25) is 24.6 Å². The first-order chi connectivity index (χ1) is 14.0. The lowest BCUT2D eigenvalue weighted by atomic mass is 9.76. The number of carbonyl (C=O) groups is 3. The minimum atomic E-state index is -1.38. The molecule has 4 aliphatic rings. The molecular weight excluding hydrogens is 393 g/mol. The van der Waals surface area contributed by atoms with E-state index in [-0.39, 0.29) is 29.8 Å². The molecule has 6 nitrogen and oxygen atoms in total. The zero-order chi connectivity index (χ0) is 20.3. The van der Waals surface area contributed by atoms with Crippen LogP contribution < -0.4 is 10.6 Å². The SMILES string of the molecule is CSCC[C@H]1N[C@]2(C(=O)Nc3ccc(F)cc32)[C@H]2C(=O)N(C3CCCC3)C(=O)[C@H]12. The van der Waals surface area contributed by atoms with Crippen LogP contribution in [-0.2, 0) is 19.9 Å². The summed E-state index contributed by atoms with van der Waals surface area (Å²) in [6.45, 7) is 0. The number of likely N-dealkylation sites (tertiary alicyclic amines) is 1. The Hall–Kier alpha value is -1.93. The molecule has 3 aliphatic heterocycles. The molecule has 4 atom stereocenters. The Morgan fingerprint density at radius 3 is 2.69 bits per heavy atom. The fourth-order valence-electron chi connectivity index (χ4n) is 5.81. The highest BCUT2D eigenvalue weighted by Crippen LogP contribution is 2.54. The number of nitrogens with zero attached hydrogens (tertiary/aromatic N) is 1. The predicted molar refractivity (Wildman–Crippen MR) is 108 cm³/mol. The number of hydrogen-bond acceptors (Lipinski definition) is 5. The summed E-state index contributed by atoms with van der Waals surface area (Å²) >= 11 is 1.66. The van der Waals surface area contributed by atoms with Gasteiger partial charge >= 0.3 is 0 Å². The van der Waals surface area contributed by atoms with E-state index < -0.39 is 23.2 Å². The second kappa shape index (κ2) is 6.80. The van der Waals surface area contributed by atoms with Crippen LogP contribution in [-0.4, -0.2) is 46.7 Å². The second-order valence-electron chi connectivity index (χ2n) is 8.47. The number of carbonyl (C=O) groups excluding carboxylic acids is 3. The molecule has 1 aliphatic carbocycles. The van der Waals surface area contributed by atoms with Crippen molar-refractivity contribution in [3.8, 4) is 0 Å². The fourth-order valence-corrected chi connectivity index (χ4v) is 6.30. The van der Waals surface area contributed by atoms with E-state index in [2.05, 4.69) is 10.6 Å². The lowest BCUT2D eigenvalue weighted by Gasteiger charge is -2.31. The van der Waals surface area contributed by atoms with E-state index in [9.17, 15) is 18.8 Å². The monoisotopic (exact) mass is 417 g/mol. The second-order valence-corrected chi connectivity index (χ2v) is 9.46. The van der Waals surface area contributed by atoms with Crippen LogP contribution in [0.2, 0.25) is 0 Å². The molecule has 2 saturated heterocycles. The number of amides is 3. The van der Waals surface area contributed by atoms with Gasteiger partial charge in [0.1, 0.15) is 11.4 Å². The molecule has 3 amide bonds. The third kappa shape index (κ3) is 2.54. The van der Waals surface area contributed by atoms with Crippen molar-refractivity contribution in [2.45, 2.75) is 49.7 Å². The van der Waals surface area contributed by atoms with Crippen LogP contribution in [0.25, 0.3) is 0 Å². The summed E-state index contributed by atoms with van der Waals surface area (Å²) in [6, 6.07) is 3.77. The molecule has 1 spiro atoms. The third-order valence-electron chi connectivity index (χ3n) is 7.03. The molecule has 0 radical (unpaired) electrons. The van der Waals surface area contributed by atoms with E-state index in [1.165, 1.54) is 23.1 Å². The van der Waals surface area contributed by atoms with E-state index in [0.29, 0.717) is 17.7 Å². The van der Waals surface area contributed by atoms with Gasteiger partial charge in [0.15, 0.2) is 0 Å². The topological polar surface area (TPSA) is 78.5 Å². The van der Waals surface area contributed by atoms with Crippen molar-refractivity contribution >= 4 is 35.2 Å². The number of benzene rings is 1. The van der Waals surface area contributed by atoms with Crippen molar-refractivity contribution in [3.05, 3.63) is 29.6 Å². The molecule has 29 heavy (non-hydrogen) atoms. The van der Waals surface area contributed by atoms with Crippen LogP contribution in [0.3, 0.4) is 0 Å². The van der Waals surface area contributed by atoms with Crippen molar-refractivity contribution in [3.63, 3.8) is 0 Å². The van der Waals surface area contributed by atoms with E-state index >= 15 is 0 Å². The Morgan fingerprint density at radius 2 is 1.97 bits per heavy atom. The average molecular weight is 418 g/mol. The zero-order valence-corrected chi connectivity index (χ0v) is 17.1. The van der Waals surface area contributed by atoms with Crippen LogP contribution in [0.5, 0.6) is 0 Å². The molecule has 5 rings (SSSR count). The molecule has 2 N–H and O–H groups in total. The molecule has 3 fully saturated rings. The van der Waals surface area contributed by atoms with Crippen molar-refractivity contribution in [1.29, 1.82) is 0 Å².